The molecule has 3 aromatic rings. The summed E-state index contributed by atoms with van der Waals surface area (Å²) >= 11 is 7.31. The van der Waals surface area contributed by atoms with Crippen molar-refractivity contribution < 1.29 is 14.3 Å². The van der Waals surface area contributed by atoms with Crippen LogP contribution in [0.1, 0.15) is 27.7 Å². The van der Waals surface area contributed by atoms with E-state index in [9.17, 15) is 14.4 Å². The minimum absolute atomic E-state index is 0.0172. The van der Waals surface area contributed by atoms with E-state index in [1.807, 2.05) is 13.8 Å². The number of esters is 1. The Morgan fingerprint density at radius 2 is 2.00 bits per heavy atom. The van der Waals surface area contributed by atoms with Crippen molar-refractivity contribution in [3.63, 3.8) is 0 Å². The van der Waals surface area contributed by atoms with Gasteiger partial charge >= 0.3 is 5.97 Å². The molecule has 1 N–H and O–H groups in total. The summed E-state index contributed by atoms with van der Waals surface area (Å²) in [5.74, 6) is -0.769. The molecule has 0 aliphatic heterocycles. The third kappa shape index (κ3) is 3.95. The molecular formula is C20H19ClN2O4S. The lowest BCUT2D eigenvalue weighted by Gasteiger charge is -2.11. The average molecular weight is 419 g/mol. The topological polar surface area (TPSA) is 77.4 Å². The highest BCUT2D eigenvalue weighted by molar-refractivity contribution is 7.16. The second kappa shape index (κ2) is 8.16. The van der Waals surface area contributed by atoms with Gasteiger partial charge in [-0.05, 0) is 44.5 Å². The van der Waals surface area contributed by atoms with Crippen molar-refractivity contribution in [2.75, 3.05) is 11.9 Å². The molecular weight excluding hydrogens is 400 g/mol. The van der Waals surface area contributed by atoms with Crippen molar-refractivity contribution in [1.82, 2.24) is 4.57 Å². The number of anilines is 1. The standard InChI is InChI=1S/C20H19ClN2O4S/c1-4-27-20(26)18-11(2)12(3)28-19(18)22-17(25)10-23-8-7-16(24)14-9-13(21)5-6-15(14)23/h5-9H,4,10H2,1-3H3,(H,22,25). The second-order valence-electron chi connectivity index (χ2n) is 6.23. The van der Waals surface area contributed by atoms with Crippen LogP contribution in [0.3, 0.4) is 0 Å². The Bertz CT molecular complexity index is 1130. The zero-order valence-corrected chi connectivity index (χ0v) is 17.2. The number of hydrogen-bond donors (Lipinski definition) is 1. The minimum Gasteiger partial charge on any atom is -0.462 e. The number of carbonyl (C=O) groups excluding carboxylic acids is 2. The molecule has 8 heteroatoms. The number of benzene rings is 1. The molecule has 0 radical (unpaired) electrons. The van der Waals surface area contributed by atoms with E-state index in [0.717, 1.165) is 10.4 Å². The fraction of sp³-hybridized carbons (Fsp3) is 0.250. The number of halogens is 1. The molecule has 0 fully saturated rings. The van der Waals surface area contributed by atoms with Crippen LogP contribution in [0.2, 0.25) is 5.02 Å². The van der Waals surface area contributed by atoms with E-state index in [1.165, 1.54) is 17.4 Å². The number of ether oxygens (including phenoxy) is 1. The second-order valence-corrected chi connectivity index (χ2v) is 7.89. The first-order valence-electron chi connectivity index (χ1n) is 8.67. The summed E-state index contributed by atoms with van der Waals surface area (Å²) in [6.45, 7) is 5.69. The predicted molar refractivity (Wildman–Crippen MR) is 112 cm³/mol. The van der Waals surface area contributed by atoms with Crippen LogP contribution < -0.4 is 10.7 Å². The van der Waals surface area contributed by atoms with Crippen molar-refractivity contribution in [3.05, 3.63) is 61.7 Å². The zero-order chi connectivity index (χ0) is 20.4. The highest BCUT2D eigenvalue weighted by atomic mass is 35.5. The quantitative estimate of drug-likeness (QED) is 0.631. The molecule has 1 amide bonds. The summed E-state index contributed by atoms with van der Waals surface area (Å²) in [6.07, 6.45) is 1.56. The number of amides is 1. The number of aryl methyl sites for hydroxylation is 1. The summed E-state index contributed by atoms with van der Waals surface area (Å²) in [6, 6.07) is 6.35. The number of nitrogens with one attached hydrogen (secondary N) is 1. The number of hydrogen-bond acceptors (Lipinski definition) is 5. The van der Waals surface area contributed by atoms with E-state index in [4.69, 9.17) is 16.3 Å². The Kier molecular flexibility index (Phi) is 5.86. The number of rotatable bonds is 5. The SMILES string of the molecule is CCOC(=O)c1c(NC(=O)Cn2ccc(=O)c3cc(Cl)ccc32)sc(C)c1C. The normalized spacial score (nSPS) is 10.9. The van der Waals surface area contributed by atoms with Gasteiger partial charge in [-0.15, -0.1) is 11.3 Å². The van der Waals surface area contributed by atoms with Gasteiger partial charge in [0.25, 0.3) is 0 Å². The lowest BCUT2D eigenvalue weighted by atomic mass is 10.1. The monoisotopic (exact) mass is 418 g/mol. The predicted octanol–water partition coefficient (Wildman–Crippen LogP) is 4.15. The minimum atomic E-state index is -0.455. The molecule has 0 aliphatic rings. The molecule has 2 aromatic heterocycles. The lowest BCUT2D eigenvalue weighted by molar-refractivity contribution is -0.116. The molecule has 0 bridgehead atoms. The van der Waals surface area contributed by atoms with Gasteiger partial charge in [-0.3, -0.25) is 9.59 Å². The van der Waals surface area contributed by atoms with Crippen molar-refractivity contribution in [3.8, 4) is 0 Å². The number of carbonyl (C=O) groups is 2. The van der Waals surface area contributed by atoms with Gasteiger partial charge in [-0.1, -0.05) is 11.6 Å². The van der Waals surface area contributed by atoms with Crippen molar-refractivity contribution in [1.29, 1.82) is 0 Å². The van der Waals surface area contributed by atoms with Crippen LogP contribution in [-0.2, 0) is 16.1 Å². The Labute approximate surface area is 170 Å². The van der Waals surface area contributed by atoms with Crippen LogP contribution in [0.25, 0.3) is 10.9 Å². The number of thiophene rings is 1. The van der Waals surface area contributed by atoms with Gasteiger partial charge in [0.05, 0.1) is 17.7 Å². The lowest BCUT2D eigenvalue weighted by Crippen LogP contribution is -2.21. The maximum atomic E-state index is 12.6. The van der Waals surface area contributed by atoms with Crippen LogP contribution in [-0.4, -0.2) is 23.1 Å². The third-order valence-electron chi connectivity index (χ3n) is 4.37. The maximum absolute atomic E-state index is 12.6. The highest BCUT2D eigenvalue weighted by Gasteiger charge is 2.22. The number of nitrogens with zero attached hydrogens (tertiary/aromatic N) is 1. The molecule has 0 atom stereocenters. The van der Waals surface area contributed by atoms with Crippen molar-refractivity contribution in [2.24, 2.45) is 0 Å². The van der Waals surface area contributed by atoms with Crippen molar-refractivity contribution >= 4 is 50.7 Å². The molecule has 146 valence electrons. The number of pyridine rings is 1. The molecule has 2 heterocycles. The fourth-order valence-corrected chi connectivity index (χ4v) is 4.14. The largest absolute Gasteiger partial charge is 0.462 e. The molecule has 0 aliphatic carbocycles. The first-order valence-corrected chi connectivity index (χ1v) is 9.87. The first-order chi connectivity index (χ1) is 13.3. The Balaban J connectivity index is 1.89. The van der Waals surface area contributed by atoms with E-state index in [1.54, 1.807) is 35.9 Å². The van der Waals surface area contributed by atoms with Gasteiger partial charge < -0.3 is 14.6 Å². The molecule has 0 saturated heterocycles. The fourth-order valence-electron chi connectivity index (χ4n) is 2.91. The van der Waals surface area contributed by atoms with Gasteiger partial charge in [-0.25, -0.2) is 4.79 Å². The van der Waals surface area contributed by atoms with Gasteiger partial charge in [0.15, 0.2) is 5.43 Å². The van der Waals surface area contributed by atoms with Crippen LogP contribution in [0.15, 0.2) is 35.3 Å². The van der Waals surface area contributed by atoms with Crippen LogP contribution in [0.5, 0.6) is 0 Å². The highest BCUT2D eigenvalue weighted by Crippen LogP contribution is 2.33. The summed E-state index contributed by atoms with van der Waals surface area (Å²) in [4.78, 5) is 37.9. The van der Waals surface area contributed by atoms with Gasteiger partial charge in [0, 0.05) is 27.5 Å². The van der Waals surface area contributed by atoms with Gasteiger partial charge in [-0.2, -0.15) is 0 Å². The smallest absolute Gasteiger partial charge is 0.341 e. The Hall–Kier alpha value is -2.64. The van der Waals surface area contributed by atoms with Crippen LogP contribution in [0, 0.1) is 13.8 Å². The maximum Gasteiger partial charge on any atom is 0.341 e. The van der Waals surface area contributed by atoms with E-state index < -0.39 is 5.97 Å². The summed E-state index contributed by atoms with van der Waals surface area (Å²) in [5.41, 5.74) is 1.62. The van der Waals surface area contributed by atoms with Crippen molar-refractivity contribution in [2.45, 2.75) is 27.3 Å². The van der Waals surface area contributed by atoms with Crippen LogP contribution >= 0.6 is 22.9 Å². The molecule has 1 aromatic carbocycles. The zero-order valence-electron chi connectivity index (χ0n) is 15.7. The Morgan fingerprint density at radius 3 is 2.71 bits per heavy atom. The van der Waals surface area contributed by atoms with E-state index in [-0.39, 0.29) is 24.5 Å². The number of fused-ring (bicyclic) bond motifs is 1. The molecule has 6 nitrogen and oxygen atoms in total. The number of aromatic nitrogens is 1. The van der Waals surface area contributed by atoms with Gasteiger partial charge in [0.1, 0.15) is 11.5 Å². The molecule has 0 spiro atoms. The van der Waals surface area contributed by atoms with E-state index in [0.29, 0.717) is 26.5 Å². The molecule has 0 unspecified atom stereocenters. The van der Waals surface area contributed by atoms with E-state index >= 15 is 0 Å². The molecule has 3 rings (SSSR count). The molecule has 0 saturated carbocycles. The van der Waals surface area contributed by atoms with Gasteiger partial charge in [0.2, 0.25) is 5.91 Å². The first kappa shape index (κ1) is 20.1. The molecule has 28 heavy (non-hydrogen) atoms. The summed E-state index contributed by atoms with van der Waals surface area (Å²) < 4.78 is 6.78. The van der Waals surface area contributed by atoms with Crippen LogP contribution in [0.4, 0.5) is 5.00 Å². The average Bonchev–Trinajstić information content (AvgIpc) is 2.91. The third-order valence-corrected chi connectivity index (χ3v) is 5.73. The summed E-state index contributed by atoms with van der Waals surface area (Å²) in [5, 5.41) is 4.17. The van der Waals surface area contributed by atoms with E-state index in [2.05, 4.69) is 5.32 Å². The summed E-state index contributed by atoms with van der Waals surface area (Å²) in [7, 11) is 0. The Morgan fingerprint density at radius 1 is 1.25 bits per heavy atom.